The zero-order chi connectivity index (χ0) is 14.6. The van der Waals surface area contributed by atoms with Crippen LogP contribution in [-0.2, 0) is 16.6 Å². The third-order valence-electron chi connectivity index (χ3n) is 2.83. The molecule has 2 aromatic rings. The van der Waals surface area contributed by atoms with E-state index in [0.29, 0.717) is 17.8 Å². The molecule has 0 aliphatic heterocycles. The molecule has 2 rings (SSSR count). The van der Waals surface area contributed by atoms with E-state index in [1.807, 2.05) is 6.92 Å². The molecule has 0 saturated carbocycles. The molecule has 0 bridgehead atoms. The fourth-order valence-corrected chi connectivity index (χ4v) is 2.73. The smallest absolute Gasteiger partial charge is 0.240 e. The van der Waals surface area contributed by atoms with Gasteiger partial charge in [-0.3, -0.25) is 5.10 Å². The molecular weight excluding hydrogens is 280 g/mol. The van der Waals surface area contributed by atoms with E-state index < -0.39 is 16.1 Å². The SMILES string of the molecule is CCC(O)c1cccc(S(=O)(=O)NCc2ncn[nH]2)c1. The molecule has 108 valence electrons. The highest BCUT2D eigenvalue weighted by atomic mass is 32.2. The van der Waals surface area contributed by atoms with Gasteiger partial charge in [0.25, 0.3) is 0 Å². The van der Waals surface area contributed by atoms with Crippen LogP contribution in [-0.4, -0.2) is 28.7 Å². The number of aliphatic hydroxyl groups excluding tert-OH is 1. The largest absolute Gasteiger partial charge is 0.388 e. The van der Waals surface area contributed by atoms with Crippen molar-refractivity contribution >= 4 is 10.0 Å². The molecule has 7 nitrogen and oxygen atoms in total. The topological polar surface area (TPSA) is 108 Å². The molecule has 0 fully saturated rings. The molecule has 1 unspecified atom stereocenters. The molecule has 0 spiro atoms. The van der Waals surface area contributed by atoms with Gasteiger partial charge >= 0.3 is 0 Å². The number of benzene rings is 1. The molecule has 0 radical (unpaired) electrons. The fourth-order valence-electron chi connectivity index (χ4n) is 1.69. The summed E-state index contributed by atoms with van der Waals surface area (Å²) in [5.41, 5.74) is 0.579. The molecule has 1 heterocycles. The van der Waals surface area contributed by atoms with Crippen molar-refractivity contribution in [1.82, 2.24) is 19.9 Å². The first-order valence-corrected chi connectivity index (χ1v) is 7.63. The van der Waals surface area contributed by atoms with E-state index in [1.165, 1.54) is 18.5 Å². The van der Waals surface area contributed by atoms with Gasteiger partial charge in [0.05, 0.1) is 17.5 Å². The molecule has 8 heteroatoms. The quantitative estimate of drug-likeness (QED) is 0.728. The van der Waals surface area contributed by atoms with Crippen LogP contribution in [0.25, 0.3) is 0 Å². The number of hydrogen-bond acceptors (Lipinski definition) is 5. The average Bonchev–Trinajstić information content (AvgIpc) is 2.98. The van der Waals surface area contributed by atoms with Crippen molar-refractivity contribution in [2.24, 2.45) is 0 Å². The highest BCUT2D eigenvalue weighted by Crippen LogP contribution is 2.19. The first-order valence-electron chi connectivity index (χ1n) is 6.15. The minimum absolute atomic E-state index is 0.0306. The average molecular weight is 296 g/mol. The summed E-state index contributed by atoms with van der Waals surface area (Å²) in [7, 11) is -3.65. The molecule has 0 amide bonds. The summed E-state index contributed by atoms with van der Waals surface area (Å²) in [6.07, 6.45) is 1.16. The van der Waals surface area contributed by atoms with Gasteiger partial charge in [-0.05, 0) is 24.1 Å². The van der Waals surface area contributed by atoms with Crippen LogP contribution in [0.5, 0.6) is 0 Å². The van der Waals surface area contributed by atoms with Crippen molar-refractivity contribution in [2.45, 2.75) is 30.9 Å². The summed E-state index contributed by atoms with van der Waals surface area (Å²) in [5.74, 6) is 0.429. The lowest BCUT2D eigenvalue weighted by atomic mass is 10.1. The van der Waals surface area contributed by atoms with Gasteiger partial charge in [0.1, 0.15) is 12.2 Å². The van der Waals surface area contributed by atoms with Crippen LogP contribution < -0.4 is 4.72 Å². The second-order valence-electron chi connectivity index (χ2n) is 4.25. The van der Waals surface area contributed by atoms with Crippen molar-refractivity contribution in [1.29, 1.82) is 0 Å². The highest BCUT2D eigenvalue weighted by molar-refractivity contribution is 7.89. The Kier molecular flexibility index (Phi) is 4.48. The van der Waals surface area contributed by atoms with Crippen molar-refractivity contribution in [2.75, 3.05) is 0 Å². The van der Waals surface area contributed by atoms with E-state index in [1.54, 1.807) is 12.1 Å². The Morgan fingerprint density at radius 2 is 2.25 bits per heavy atom. The zero-order valence-electron chi connectivity index (χ0n) is 10.9. The molecule has 0 aliphatic carbocycles. The van der Waals surface area contributed by atoms with Crippen LogP contribution >= 0.6 is 0 Å². The normalized spacial score (nSPS) is 13.3. The standard InChI is InChI=1S/C12H16N4O3S/c1-2-11(17)9-4-3-5-10(6-9)20(18,19)15-7-12-13-8-14-16-12/h3-6,8,11,15,17H,2,7H2,1H3,(H,13,14,16). The zero-order valence-corrected chi connectivity index (χ0v) is 11.8. The minimum Gasteiger partial charge on any atom is -0.388 e. The third-order valence-corrected chi connectivity index (χ3v) is 4.23. The van der Waals surface area contributed by atoms with E-state index in [0.717, 1.165) is 0 Å². The Balaban J connectivity index is 2.16. The summed E-state index contributed by atoms with van der Waals surface area (Å²) in [5, 5.41) is 16.0. The lowest BCUT2D eigenvalue weighted by Gasteiger charge is -2.10. The number of sulfonamides is 1. The summed E-state index contributed by atoms with van der Waals surface area (Å²) in [4.78, 5) is 3.95. The van der Waals surface area contributed by atoms with Crippen LogP contribution in [0, 0.1) is 0 Å². The lowest BCUT2D eigenvalue weighted by molar-refractivity contribution is 0.173. The maximum Gasteiger partial charge on any atom is 0.240 e. The number of aromatic amines is 1. The molecule has 3 N–H and O–H groups in total. The van der Waals surface area contributed by atoms with Gasteiger partial charge in [-0.25, -0.2) is 18.1 Å². The Labute approximate surface area is 117 Å². The fraction of sp³-hybridized carbons (Fsp3) is 0.333. The molecular formula is C12H16N4O3S. The van der Waals surface area contributed by atoms with Crippen molar-refractivity contribution in [3.05, 3.63) is 42.0 Å². The predicted molar refractivity (Wildman–Crippen MR) is 72.1 cm³/mol. The van der Waals surface area contributed by atoms with Crippen LogP contribution in [0.3, 0.4) is 0 Å². The lowest BCUT2D eigenvalue weighted by Crippen LogP contribution is -2.24. The van der Waals surface area contributed by atoms with Gasteiger partial charge < -0.3 is 5.11 Å². The van der Waals surface area contributed by atoms with Crippen molar-refractivity contribution < 1.29 is 13.5 Å². The van der Waals surface area contributed by atoms with Gasteiger partial charge in [-0.2, -0.15) is 5.10 Å². The molecule has 1 atom stereocenters. The van der Waals surface area contributed by atoms with Crippen LogP contribution in [0.2, 0.25) is 0 Å². The maximum atomic E-state index is 12.1. The van der Waals surface area contributed by atoms with Gasteiger partial charge in [-0.15, -0.1) is 0 Å². The van der Waals surface area contributed by atoms with Gasteiger partial charge in [-0.1, -0.05) is 19.1 Å². The van der Waals surface area contributed by atoms with E-state index in [4.69, 9.17) is 0 Å². The number of aromatic nitrogens is 3. The van der Waals surface area contributed by atoms with Crippen LogP contribution in [0.15, 0.2) is 35.5 Å². The van der Waals surface area contributed by atoms with Crippen molar-refractivity contribution in [3.8, 4) is 0 Å². The highest BCUT2D eigenvalue weighted by Gasteiger charge is 2.16. The van der Waals surface area contributed by atoms with Crippen molar-refractivity contribution in [3.63, 3.8) is 0 Å². The number of aliphatic hydroxyl groups is 1. The summed E-state index contributed by atoms with van der Waals surface area (Å²) in [6.45, 7) is 1.86. The van der Waals surface area contributed by atoms with E-state index in [9.17, 15) is 13.5 Å². The maximum absolute atomic E-state index is 12.1. The third kappa shape index (κ3) is 3.41. The molecule has 0 saturated heterocycles. The number of H-pyrrole nitrogens is 1. The van der Waals surface area contributed by atoms with E-state index >= 15 is 0 Å². The molecule has 1 aromatic carbocycles. The van der Waals surface area contributed by atoms with Gasteiger partial charge in [0.2, 0.25) is 10.0 Å². The number of nitrogens with zero attached hydrogens (tertiary/aromatic N) is 2. The molecule has 20 heavy (non-hydrogen) atoms. The number of rotatable bonds is 6. The van der Waals surface area contributed by atoms with Crippen LogP contribution in [0.4, 0.5) is 0 Å². The first kappa shape index (κ1) is 14.6. The molecule has 0 aliphatic rings. The minimum atomic E-state index is -3.65. The number of hydrogen-bond donors (Lipinski definition) is 3. The van der Waals surface area contributed by atoms with E-state index in [-0.39, 0.29) is 11.4 Å². The Morgan fingerprint density at radius 3 is 2.90 bits per heavy atom. The molecule has 1 aromatic heterocycles. The Bertz CT molecular complexity index is 655. The second-order valence-corrected chi connectivity index (χ2v) is 6.02. The van der Waals surface area contributed by atoms with Gasteiger partial charge in [0.15, 0.2) is 0 Å². The summed E-state index contributed by atoms with van der Waals surface area (Å²) >= 11 is 0. The Hall–Kier alpha value is -1.77. The second kappa shape index (κ2) is 6.12. The van der Waals surface area contributed by atoms with Crippen LogP contribution in [0.1, 0.15) is 30.8 Å². The Morgan fingerprint density at radius 1 is 1.45 bits per heavy atom. The monoisotopic (exact) mass is 296 g/mol. The van der Waals surface area contributed by atoms with Gasteiger partial charge in [0, 0.05) is 0 Å². The van der Waals surface area contributed by atoms with E-state index in [2.05, 4.69) is 19.9 Å². The first-order chi connectivity index (χ1) is 9.53. The summed E-state index contributed by atoms with van der Waals surface area (Å²) < 4.78 is 26.7. The number of nitrogens with one attached hydrogen (secondary N) is 2. The predicted octanol–water partition coefficient (Wildman–Crippen LogP) is 0.727. The summed E-state index contributed by atoms with van der Waals surface area (Å²) in [6, 6.07) is 6.26.